The lowest BCUT2D eigenvalue weighted by Gasteiger charge is -2.42. The quantitative estimate of drug-likeness (QED) is 0.799. The van der Waals surface area contributed by atoms with E-state index in [-0.39, 0.29) is 11.5 Å². The van der Waals surface area contributed by atoms with Crippen molar-refractivity contribution in [3.63, 3.8) is 0 Å². The molecule has 0 atom stereocenters. The fourth-order valence-electron chi connectivity index (χ4n) is 4.82. The summed E-state index contributed by atoms with van der Waals surface area (Å²) in [5.74, 6) is 0.385. The molecule has 0 N–H and O–H groups in total. The Bertz CT molecular complexity index is 705. The van der Waals surface area contributed by atoms with Crippen LogP contribution in [0.4, 0.5) is 0 Å². The van der Waals surface area contributed by atoms with E-state index >= 15 is 0 Å². The monoisotopic (exact) mass is 362 g/mol. The van der Waals surface area contributed by atoms with Crippen LogP contribution in [0.2, 0.25) is 0 Å². The minimum absolute atomic E-state index is 0.111. The van der Waals surface area contributed by atoms with Gasteiger partial charge in [-0.25, -0.2) is 0 Å². The average molecular weight is 363 g/mol. The molecule has 2 aromatic rings. The van der Waals surface area contributed by atoms with Crippen molar-refractivity contribution in [3.05, 3.63) is 71.8 Å². The van der Waals surface area contributed by atoms with Gasteiger partial charge in [0, 0.05) is 31.6 Å². The Kier molecular flexibility index (Phi) is 5.31. The molecule has 1 aliphatic heterocycles. The van der Waals surface area contributed by atoms with Crippen LogP contribution in [0.3, 0.4) is 0 Å². The minimum Gasteiger partial charge on any atom is -0.340 e. The number of benzene rings is 2. The Labute approximate surface area is 163 Å². The Morgan fingerprint density at radius 2 is 1.30 bits per heavy atom. The molecular formula is C24H30N2O. The normalized spacial score (nSPS) is 20.1. The van der Waals surface area contributed by atoms with Gasteiger partial charge in [-0.3, -0.25) is 9.69 Å². The largest absolute Gasteiger partial charge is 0.340 e. The zero-order valence-electron chi connectivity index (χ0n) is 16.3. The first-order chi connectivity index (χ1) is 13.2. The van der Waals surface area contributed by atoms with Crippen molar-refractivity contribution in [2.75, 3.05) is 26.2 Å². The summed E-state index contributed by atoms with van der Waals surface area (Å²) in [6.45, 7) is 5.70. The van der Waals surface area contributed by atoms with E-state index in [9.17, 15) is 4.79 Å². The maximum atomic E-state index is 13.0. The lowest BCUT2D eigenvalue weighted by atomic mass is 9.87. The van der Waals surface area contributed by atoms with E-state index in [4.69, 9.17) is 0 Å². The number of carbonyl (C=O) groups excluding carboxylic acids is 1. The van der Waals surface area contributed by atoms with Gasteiger partial charge in [0.05, 0.1) is 6.04 Å². The zero-order valence-corrected chi connectivity index (χ0v) is 16.3. The highest BCUT2D eigenvalue weighted by Crippen LogP contribution is 2.39. The molecule has 0 unspecified atom stereocenters. The third-order valence-corrected chi connectivity index (χ3v) is 6.42. The molecule has 1 saturated heterocycles. The summed E-state index contributed by atoms with van der Waals surface area (Å²) in [4.78, 5) is 17.7. The molecule has 3 heteroatoms. The minimum atomic E-state index is -0.111. The number of carbonyl (C=O) groups is 1. The van der Waals surface area contributed by atoms with Gasteiger partial charge in [0.1, 0.15) is 0 Å². The van der Waals surface area contributed by atoms with Crippen LogP contribution < -0.4 is 0 Å². The molecule has 0 radical (unpaired) electrons. The molecule has 0 spiro atoms. The predicted molar refractivity (Wildman–Crippen MR) is 109 cm³/mol. The highest BCUT2D eigenvalue weighted by Gasteiger charge is 2.40. The molecule has 2 aliphatic rings. The van der Waals surface area contributed by atoms with Crippen LogP contribution in [0.5, 0.6) is 0 Å². The van der Waals surface area contributed by atoms with E-state index in [0.717, 1.165) is 39.0 Å². The van der Waals surface area contributed by atoms with Crippen LogP contribution in [0.15, 0.2) is 60.7 Å². The van der Waals surface area contributed by atoms with Gasteiger partial charge in [-0.15, -0.1) is 0 Å². The second kappa shape index (κ2) is 7.85. The number of rotatable bonds is 4. The average Bonchev–Trinajstić information content (AvgIpc) is 3.18. The predicted octanol–water partition coefficient (Wildman–Crippen LogP) is 4.50. The van der Waals surface area contributed by atoms with E-state index in [1.807, 2.05) is 0 Å². The van der Waals surface area contributed by atoms with E-state index in [1.54, 1.807) is 0 Å². The van der Waals surface area contributed by atoms with Gasteiger partial charge in [-0.1, -0.05) is 80.4 Å². The maximum absolute atomic E-state index is 13.0. The van der Waals surface area contributed by atoms with Crippen LogP contribution in [0, 0.1) is 5.41 Å². The second-order valence-electron chi connectivity index (χ2n) is 8.32. The van der Waals surface area contributed by atoms with Crippen molar-refractivity contribution in [1.82, 2.24) is 9.80 Å². The van der Waals surface area contributed by atoms with Crippen LogP contribution in [-0.4, -0.2) is 41.9 Å². The number of nitrogens with zero attached hydrogens (tertiary/aromatic N) is 2. The molecular weight excluding hydrogens is 332 g/mol. The van der Waals surface area contributed by atoms with Crippen molar-refractivity contribution in [1.29, 1.82) is 0 Å². The molecule has 0 aromatic heterocycles. The molecule has 1 amide bonds. The fraction of sp³-hybridized carbons (Fsp3) is 0.458. The Morgan fingerprint density at radius 3 is 1.78 bits per heavy atom. The summed E-state index contributed by atoms with van der Waals surface area (Å²) < 4.78 is 0. The highest BCUT2D eigenvalue weighted by molar-refractivity contribution is 5.82. The molecule has 1 heterocycles. The molecule has 1 saturated carbocycles. The van der Waals surface area contributed by atoms with Crippen molar-refractivity contribution in [2.24, 2.45) is 5.41 Å². The summed E-state index contributed by atoms with van der Waals surface area (Å²) >= 11 is 0. The number of hydrogen-bond donors (Lipinski definition) is 0. The molecule has 142 valence electrons. The van der Waals surface area contributed by atoms with Crippen LogP contribution in [0.1, 0.15) is 49.8 Å². The third kappa shape index (κ3) is 3.79. The number of piperazine rings is 1. The van der Waals surface area contributed by atoms with Gasteiger partial charge in [-0.05, 0) is 24.0 Å². The van der Waals surface area contributed by atoms with Gasteiger partial charge in [0.2, 0.25) is 5.91 Å². The lowest BCUT2D eigenvalue weighted by molar-refractivity contribution is -0.143. The first-order valence-electron chi connectivity index (χ1n) is 10.3. The first-order valence-corrected chi connectivity index (χ1v) is 10.3. The standard InChI is InChI=1S/C24H30N2O/c1-24(14-8-9-15-24)23(27)26-18-16-25(17-19-26)22(20-10-4-2-5-11-20)21-12-6-3-7-13-21/h2-7,10-13,22H,8-9,14-19H2,1H3. The van der Waals surface area contributed by atoms with E-state index in [2.05, 4.69) is 77.4 Å². The molecule has 4 rings (SSSR count). The van der Waals surface area contributed by atoms with Crippen molar-refractivity contribution in [2.45, 2.75) is 38.6 Å². The molecule has 2 fully saturated rings. The van der Waals surface area contributed by atoms with Gasteiger partial charge >= 0.3 is 0 Å². The highest BCUT2D eigenvalue weighted by atomic mass is 16.2. The maximum Gasteiger partial charge on any atom is 0.228 e. The third-order valence-electron chi connectivity index (χ3n) is 6.42. The molecule has 27 heavy (non-hydrogen) atoms. The van der Waals surface area contributed by atoms with Crippen molar-refractivity contribution >= 4 is 5.91 Å². The van der Waals surface area contributed by atoms with E-state index in [0.29, 0.717) is 5.91 Å². The second-order valence-corrected chi connectivity index (χ2v) is 8.32. The number of amides is 1. The summed E-state index contributed by atoms with van der Waals surface area (Å²) in [7, 11) is 0. The first kappa shape index (κ1) is 18.2. The molecule has 3 nitrogen and oxygen atoms in total. The van der Waals surface area contributed by atoms with E-state index < -0.39 is 0 Å². The van der Waals surface area contributed by atoms with Gasteiger partial charge < -0.3 is 4.90 Å². The summed E-state index contributed by atoms with van der Waals surface area (Å²) in [6.07, 6.45) is 4.52. The Hall–Kier alpha value is -2.13. The summed E-state index contributed by atoms with van der Waals surface area (Å²) in [5.41, 5.74) is 2.54. The van der Waals surface area contributed by atoms with Gasteiger partial charge in [0.25, 0.3) is 0 Å². The van der Waals surface area contributed by atoms with Crippen molar-refractivity contribution < 1.29 is 4.79 Å². The van der Waals surface area contributed by atoms with Crippen LogP contribution in [0.25, 0.3) is 0 Å². The molecule has 1 aliphatic carbocycles. The lowest BCUT2D eigenvalue weighted by Crippen LogP contribution is -2.53. The summed E-state index contributed by atoms with van der Waals surface area (Å²) in [6, 6.07) is 21.7. The van der Waals surface area contributed by atoms with Gasteiger partial charge in [0.15, 0.2) is 0 Å². The van der Waals surface area contributed by atoms with Crippen LogP contribution in [-0.2, 0) is 4.79 Å². The fourth-order valence-corrected chi connectivity index (χ4v) is 4.82. The topological polar surface area (TPSA) is 23.6 Å². The number of hydrogen-bond acceptors (Lipinski definition) is 2. The van der Waals surface area contributed by atoms with Gasteiger partial charge in [-0.2, -0.15) is 0 Å². The Morgan fingerprint density at radius 1 is 0.815 bits per heavy atom. The van der Waals surface area contributed by atoms with E-state index in [1.165, 1.54) is 24.0 Å². The zero-order chi connectivity index (χ0) is 18.7. The SMILES string of the molecule is CC1(C(=O)N2CCN(C(c3ccccc3)c3ccccc3)CC2)CCCC1. The van der Waals surface area contributed by atoms with Crippen LogP contribution >= 0.6 is 0 Å². The summed E-state index contributed by atoms with van der Waals surface area (Å²) in [5, 5.41) is 0. The smallest absolute Gasteiger partial charge is 0.228 e. The molecule has 2 aromatic carbocycles. The van der Waals surface area contributed by atoms with Crippen molar-refractivity contribution in [3.8, 4) is 0 Å². The Balaban J connectivity index is 1.50. The molecule has 0 bridgehead atoms.